The molecule has 0 fully saturated rings. The Labute approximate surface area is 181 Å². The van der Waals surface area contributed by atoms with Crippen molar-refractivity contribution >= 4 is 29.0 Å². The van der Waals surface area contributed by atoms with Gasteiger partial charge in [0.15, 0.2) is 11.0 Å². The normalized spacial score (nSPS) is 11.6. The Morgan fingerprint density at radius 2 is 1.90 bits per heavy atom. The molecule has 0 spiro atoms. The summed E-state index contributed by atoms with van der Waals surface area (Å²) >= 11 is 3.11. The van der Waals surface area contributed by atoms with E-state index in [0.29, 0.717) is 12.3 Å². The number of benzene rings is 1. The first-order chi connectivity index (χ1) is 13.8. The zero-order chi connectivity index (χ0) is 21.0. The Hall–Kier alpha value is -2.12. The molecule has 1 aromatic carbocycles. The van der Waals surface area contributed by atoms with E-state index in [-0.39, 0.29) is 11.3 Å². The predicted octanol–water partition coefficient (Wildman–Crippen LogP) is 5.07. The van der Waals surface area contributed by atoms with Crippen LogP contribution in [0.3, 0.4) is 0 Å². The van der Waals surface area contributed by atoms with Gasteiger partial charge < -0.3 is 9.47 Å². The molecular weight excluding hydrogens is 400 g/mol. The number of hydrogen-bond donors (Lipinski definition) is 0. The van der Waals surface area contributed by atoms with E-state index in [0.717, 1.165) is 23.1 Å². The summed E-state index contributed by atoms with van der Waals surface area (Å²) in [7, 11) is 1.84. The Bertz CT molecular complexity index is 940. The van der Waals surface area contributed by atoms with Gasteiger partial charge in [-0.1, -0.05) is 62.9 Å². The molecule has 29 heavy (non-hydrogen) atoms. The zero-order valence-corrected chi connectivity index (χ0v) is 19.3. The molecule has 154 valence electrons. The third kappa shape index (κ3) is 5.28. The highest BCUT2D eigenvalue weighted by atomic mass is 32.2. The van der Waals surface area contributed by atoms with Gasteiger partial charge in [0.05, 0.1) is 12.3 Å². The monoisotopic (exact) mass is 428 g/mol. The van der Waals surface area contributed by atoms with E-state index in [9.17, 15) is 4.79 Å². The maximum Gasteiger partial charge on any atom is 0.233 e. The van der Waals surface area contributed by atoms with Crippen molar-refractivity contribution in [1.29, 1.82) is 0 Å². The Balaban J connectivity index is 1.68. The number of thiophene rings is 1. The number of rotatable bonds is 7. The van der Waals surface area contributed by atoms with E-state index in [1.165, 1.54) is 22.2 Å². The molecule has 0 N–H and O–H groups in total. The molecule has 2 aromatic heterocycles. The highest BCUT2D eigenvalue weighted by molar-refractivity contribution is 7.99. The van der Waals surface area contributed by atoms with Gasteiger partial charge in [-0.25, -0.2) is 0 Å². The molecule has 0 saturated carbocycles. The first-order valence-corrected chi connectivity index (χ1v) is 11.6. The van der Waals surface area contributed by atoms with Gasteiger partial charge in [0.25, 0.3) is 0 Å². The lowest BCUT2D eigenvalue weighted by molar-refractivity contribution is -0.127. The van der Waals surface area contributed by atoms with Crippen molar-refractivity contribution in [3.63, 3.8) is 0 Å². The van der Waals surface area contributed by atoms with Crippen molar-refractivity contribution in [3.05, 3.63) is 52.2 Å². The first kappa shape index (κ1) is 21.6. The van der Waals surface area contributed by atoms with Crippen LogP contribution in [0.2, 0.25) is 0 Å². The van der Waals surface area contributed by atoms with Crippen LogP contribution in [-0.2, 0) is 23.3 Å². The Morgan fingerprint density at radius 3 is 2.48 bits per heavy atom. The van der Waals surface area contributed by atoms with Crippen LogP contribution in [0, 0.1) is 0 Å². The van der Waals surface area contributed by atoms with Gasteiger partial charge >= 0.3 is 0 Å². The minimum absolute atomic E-state index is 0.0881. The highest BCUT2D eigenvalue weighted by Crippen LogP contribution is 2.27. The fourth-order valence-electron chi connectivity index (χ4n) is 2.97. The number of amides is 1. The van der Waals surface area contributed by atoms with E-state index in [2.05, 4.69) is 66.7 Å². The van der Waals surface area contributed by atoms with Gasteiger partial charge in [-0.05, 0) is 29.3 Å². The predicted molar refractivity (Wildman–Crippen MR) is 121 cm³/mol. The molecule has 7 heteroatoms. The molecule has 0 unspecified atom stereocenters. The van der Waals surface area contributed by atoms with Gasteiger partial charge in [-0.15, -0.1) is 21.5 Å². The summed E-state index contributed by atoms with van der Waals surface area (Å²) in [6.45, 7) is 10.1. The maximum atomic E-state index is 12.5. The quantitative estimate of drug-likeness (QED) is 0.493. The lowest BCUT2D eigenvalue weighted by Crippen LogP contribution is -2.27. The SMILES string of the molecule is CCn1c(SCC(=O)N(C)Cc2cccs2)nnc1-c1ccc(C(C)(C)C)cc1. The van der Waals surface area contributed by atoms with Crippen LogP contribution in [0.5, 0.6) is 0 Å². The number of carbonyl (C=O) groups is 1. The van der Waals surface area contributed by atoms with Gasteiger partial charge in [-0.3, -0.25) is 4.79 Å². The smallest absolute Gasteiger partial charge is 0.233 e. The maximum absolute atomic E-state index is 12.5. The molecule has 3 rings (SSSR count). The average Bonchev–Trinajstić information content (AvgIpc) is 3.34. The number of thioether (sulfide) groups is 1. The lowest BCUT2D eigenvalue weighted by Gasteiger charge is -2.19. The second-order valence-corrected chi connectivity index (χ2v) is 9.97. The summed E-state index contributed by atoms with van der Waals surface area (Å²) in [4.78, 5) is 15.4. The molecule has 0 aliphatic heterocycles. The van der Waals surface area contributed by atoms with Crippen LogP contribution in [-0.4, -0.2) is 38.4 Å². The molecule has 0 saturated heterocycles. The molecule has 0 aliphatic rings. The number of aromatic nitrogens is 3. The Kier molecular flexibility index (Phi) is 6.80. The van der Waals surface area contributed by atoms with Crippen LogP contribution >= 0.6 is 23.1 Å². The van der Waals surface area contributed by atoms with Crippen LogP contribution in [0.1, 0.15) is 38.1 Å². The molecular formula is C22H28N4OS2. The largest absolute Gasteiger partial charge is 0.340 e. The number of nitrogens with zero attached hydrogens (tertiary/aromatic N) is 4. The minimum Gasteiger partial charge on any atom is -0.340 e. The van der Waals surface area contributed by atoms with Gasteiger partial charge in [-0.2, -0.15) is 0 Å². The highest BCUT2D eigenvalue weighted by Gasteiger charge is 2.18. The molecule has 3 aromatic rings. The third-order valence-corrected chi connectivity index (χ3v) is 6.58. The lowest BCUT2D eigenvalue weighted by atomic mass is 9.87. The minimum atomic E-state index is 0.0881. The second-order valence-electron chi connectivity index (χ2n) is 8.00. The second kappa shape index (κ2) is 9.13. The summed E-state index contributed by atoms with van der Waals surface area (Å²) in [6, 6.07) is 12.6. The summed E-state index contributed by atoms with van der Waals surface area (Å²) < 4.78 is 2.07. The standard InChI is InChI=1S/C22H28N4OS2/c1-6-26-20(16-9-11-17(12-10-16)22(2,3)4)23-24-21(26)29-15-19(27)25(5)14-18-8-7-13-28-18/h7-13H,6,14-15H2,1-5H3. The third-order valence-electron chi connectivity index (χ3n) is 4.77. The van der Waals surface area contributed by atoms with Gasteiger partial charge in [0, 0.05) is 24.0 Å². The summed E-state index contributed by atoms with van der Waals surface area (Å²) in [5.74, 6) is 1.28. The molecule has 0 aliphatic carbocycles. The van der Waals surface area contributed by atoms with Crippen LogP contribution in [0.15, 0.2) is 46.9 Å². The fourth-order valence-corrected chi connectivity index (χ4v) is 4.67. The number of carbonyl (C=O) groups excluding carboxylic acids is 1. The Morgan fingerprint density at radius 1 is 1.17 bits per heavy atom. The summed E-state index contributed by atoms with van der Waals surface area (Å²) in [5, 5.41) is 11.6. The fraction of sp³-hybridized carbons (Fsp3) is 0.409. The van der Waals surface area contributed by atoms with Crippen molar-refractivity contribution < 1.29 is 4.79 Å². The van der Waals surface area contributed by atoms with E-state index >= 15 is 0 Å². The van der Waals surface area contributed by atoms with E-state index < -0.39 is 0 Å². The topological polar surface area (TPSA) is 51.0 Å². The van der Waals surface area contributed by atoms with Gasteiger partial charge in [0.2, 0.25) is 5.91 Å². The molecule has 0 radical (unpaired) electrons. The molecule has 0 atom stereocenters. The number of hydrogen-bond acceptors (Lipinski definition) is 5. The molecule has 5 nitrogen and oxygen atoms in total. The molecule has 1 amide bonds. The van der Waals surface area contributed by atoms with E-state index in [1.54, 1.807) is 16.2 Å². The van der Waals surface area contributed by atoms with Crippen LogP contribution in [0.25, 0.3) is 11.4 Å². The van der Waals surface area contributed by atoms with E-state index in [1.807, 2.05) is 24.6 Å². The van der Waals surface area contributed by atoms with Crippen molar-refractivity contribution in [2.75, 3.05) is 12.8 Å². The average molecular weight is 429 g/mol. The van der Waals surface area contributed by atoms with Crippen LogP contribution < -0.4 is 0 Å². The summed E-state index contributed by atoms with van der Waals surface area (Å²) in [5.41, 5.74) is 2.45. The molecule has 0 bridgehead atoms. The van der Waals surface area contributed by atoms with Crippen molar-refractivity contribution in [3.8, 4) is 11.4 Å². The summed E-state index contributed by atoms with van der Waals surface area (Å²) in [6.07, 6.45) is 0. The van der Waals surface area contributed by atoms with Crippen molar-refractivity contribution in [1.82, 2.24) is 19.7 Å². The molecule has 2 heterocycles. The van der Waals surface area contributed by atoms with Crippen LogP contribution in [0.4, 0.5) is 0 Å². The van der Waals surface area contributed by atoms with Gasteiger partial charge in [0.1, 0.15) is 0 Å². The zero-order valence-electron chi connectivity index (χ0n) is 17.7. The van der Waals surface area contributed by atoms with E-state index in [4.69, 9.17) is 0 Å². The first-order valence-electron chi connectivity index (χ1n) is 9.73. The van der Waals surface area contributed by atoms with Crippen molar-refractivity contribution in [2.45, 2.75) is 51.4 Å². The van der Waals surface area contributed by atoms with Crippen molar-refractivity contribution in [2.24, 2.45) is 0 Å².